The summed E-state index contributed by atoms with van der Waals surface area (Å²) in [4.78, 5) is 9.33. The second-order valence-electron chi connectivity index (χ2n) is 5.56. The second-order valence-corrected chi connectivity index (χ2v) is 6.84. The van der Waals surface area contributed by atoms with E-state index in [9.17, 15) is 5.11 Å². The van der Waals surface area contributed by atoms with Gasteiger partial charge >= 0.3 is 0 Å². The number of nitrogens with zero attached hydrogens (tertiary/aromatic N) is 3. The van der Waals surface area contributed by atoms with E-state index >= 15 is 0 Å². The van der Waals surface area contributed by atoms with Crippen LogP contribution in [-0.2, 0) is 6.42 Å². The van der Waals surface area contributed by atoms with Gasteiger partial charge in [0.25, 0.3) is 0 Å². The highest BCUT2D eigenvalue weighted by Gasteiger charge is 2.23. The van der Waals surface area contributed by atoms with Crippen molar-refractivity contribution in [1.29, 1.82) is 0 Å². The monoisotopic (exact) mass is 311 g/mol. The summed E-state index contributed by atoms with van der Waals surface area (Å²) in [5.74, 6) is 2.52. The van der Waals surface area contributed by atoms with Gasteiger partial charge in [-0.05, 0) is 48.4 Å². The highest BCUT2D eigenvalue weighted by atomic mass is 32.2. The number of rotatable bonds is 3. The molecule has 0 saturated carbocycles. The molecule has 22 heavy (non-hydrogen) atoms. The molecule has 0 radical (unpaired) electrons. The fourth-order valence-electron chi connectivity index (χ4n) is 3.02. The molecule has 0 aliphatic carbocycles. The largest absolute Gasteiger partial charge is 0.508 e. The van der Waals surface area contributed by atoms with Crippen molar-refractivity contribution in [2.75, 3.05) is 5.75 Å². The van der Waals surface area contributed by atoms with Crippen LogP contribution in [0.4, 0.5) is 0 Å². The van der Waals surface area contributed by atoms with Crippen molar-refractivity contribution in [3.63, 3.8) is 0 Å². The Kier molecular flexibility index (Phi) is 3.50. The zero-order chi connectivity index (χ0) is 14.9. The molecule has 0 spiro atoms. The van der Waals surface area contributed by atoms with Crippen LogP contribution in [-0.4, -0.2) is 25.4 Å². The third kappa shape index (κ3) is 2.46. The minimum atomic E-state index is 0.300. The number of aromatic hydroxyl groups is 1. The maximum absolute atomic E-state index is 9.67. The number of imidazole rings is 1. The first kappa shape index (κ1) is 13.6. The molecule has 1 aliphatic rings. The van der Waals surface area contributed by atoms with Gasteiger partial charge in [-0.15, -0.1) is 11.8 Å². The van der Waals surface area contributed by atoms with E-state index in [2.05, 4.69) is 9.55 Å². The van der Waals surface area contributed by atoms with Gasteiger partial charge in [0.2, 0.25) is 0 Å². The predicted octanol–water partition coefficient (Wildman–Crippen LogP) is 3.75. The number of aromatic nitrogens is 3. The second kappa shape index (κ2) is 5.65. The first-order valence-corrected chi connectivity index (χ1v) is 8.57. The Balaban J connectivity index is 1.80. The number of pyridine rings is 1. The van der Waals surface area contributed by atoms with Gasteiger partial charge in [0.05, 0.1) is 5.37 Å². The Hall–Kier alpha value is -2.01. The van der Waals surface area contributed by atoms with Crippen molar-refractivity contribution < 1.29 is 5.11 Å². The Bertz CT molecular complexity index is 809. The zero-order valence-corrected chi connectivity index (χ0v) is 13.0. The van der Waals surface area contributed by atoms with Crippen molar-refractivity contribution in [3.05, 3.63) is 54.0 Å². The standard InChI is InChI=1S/C17H17N3OS/c21-13-5-1-4-12(10-13)11-15-19-14-6-2-8-18-17(14)20(15)16-7-3-9-22-16/h1-2,4-6,8,10,16,21H,3,7,9,11H2. The Labute approximate surface area is 133 Å². The van der Waals surface area contributed by atoms with Crippen molar-refractivity contribution in [2.45, 2.75) is 24.6 Å². The van der Waals surface area contributed by atoms with Crippen LogP contribution in [0.15, 0.2) is 42.6 Å². The maximum Gasteiger partial charge on any atom is 0.160 e. The van der Waals surface area contributed by atoms with Crippen molar-refractivity contribution in [3.8, 4) is 5.75 Å². The molecule has 4 nitrogen and oxygen atoms in total. The third-order valence-electron chi connectivity index (χ3n) is 3.99. The topological polar surface area (TPSA) is 50.9 Å². The fourth-order valence-corrected chi connectivity index (χ4v) is 4.33. The fraction of sp³-hybridized carbons (Fsp3) is 0.294. The van der Waals surface area contributed by atoms with E-state index in [1.807, 2.05) is 42.2 Å². The third-order valence-corrected chi connectivity index (χ3v) is 5.34. The minimum Gasteiger partial charge on any atom is -0.508 e. The summed E-state index contributed by atoms with van der Waals surface area (Å²) in [6.45, 7) is 0. The first-order chi connectivity index (χ1) is 10.8. The normalized spacial score (nSPS) is 18.1. The van der Waals surface area contributed by atoms with Crippen LogP contribution in [0.5, 0.6) is 5.75 Å². The average molecular weight is 311 g/mol. The minimum absolute atomic E-state index is 0.300. The number of hydrogen-bond donors (Lipinski definition) is 1. The lowest BCUT2D eigenvalue weighted by Crippen LogP contribution is -2.08. The summed E-state index contributed by atoms with van der Waals surface area (Å²) in [6, 6.07) is 11.3. The summed E-state index contributed by atoms with van der Waals surface area (Å²) < 4.78 is 2.29. The molecule has 1 fully saturated rings. The number of phenols is 1. The molecule has 3 heterocycles. The molecule has 0 amide bonds. The van der Waals surface area contributed by atoms with Gasteiger partial charge in [-0.1, -0.05) is 12.1 Å². The molecule has 1 unspecified atom stereocenters. The van der Waals surface area contributed by atoms with Crippen LogP contribution in [0.3, 0.4) is 0 Å². The molecule has 1 N–H and O–H groups in total. The predicted molar refractivity (Wildman–Crippen MR) is 89.2 cm³/mol. The molecular weight excluding hydrogens is 294 g/mol. The molecule has 2 aromatic heterocycles. The van der Waals surface area contributed by atoms with E-state index in [0.29, 0.717) is 17.5 Å². The molecule has 0 bridgehead atoms. The molecule has 1 saturated heterocycles. The van der Waals surface area contributed by atoms with E-state index in [4.69, 9.17) is 4.98 Å². The molecule has 3 aromatic rings. The van der Waals surface area contributed by atoms with Crippen LogP contribution in [0.2, 0.25) is 0 Å². The zero-order valence-electron chi connectivity index (χ0n) is 12.1. The number of thioether (sulfide) groups is 1. The average Bonchev–Trinajstić information content (AvgIpc) is 3.13. The molecule has 4 rings (SSSR count). The molecule has 5 heteroatoms. The van der Waals surface area contributed by atoms with E-state index < -0.39 is 0 Å². The van der Waals surface area contributed by atoms with Gasteiger partial charge in [0.1, 0.15) is 17.1 Å². The van der Waals surface area contributed by atoms with Gasteiger partial charge < -0.3 is 5.11 Å². The molecule has 1 atom stereocenters. The van der Waals surface area contributed by atoms with Crippen LogP contribution in [0, 0.1) is 0 Å². The summed E-state index contributed by atoms with van der Waals surface area (Å²) in [5.41, 5.74) is 2.99. The summed E-state index contributed by atoms with van der Waals surface area (Å²) in [7, 11) is 0. The van der Waals surface area contributed by atoms with E-state index in [0.717, 1.165) is 22.6 Å². The number of fused-ring (bicyclic) bond motifs is 1. The van der Waals surface area contributed by atoms with Gasteiger partial charge in [0, 0.05) is 12.6 Å². The van der Waals surface area contributed by atoms with Crippen molar-refractivity contribution in [1.82, 2.24) is 14.5 Å². The summed E-state index contributed by atoms with van der Waals surface area (Å²) in [6.07, 6.45) is 4.95. The highest BCUT2D eigenvalue weighted by molar-refractivity contribution is 7.99. The van der Waals surface area contributed by atoms with Crippen LogP contribution in [0.25, 0.3) is 11.2 Å². The first-order valence-electron chi connectivity index (χ1n) is 7.52. The maximum atomic E-state index is 9.67. The number of hydrogen-bond acceptors (Lipinski definition) is 4. The van der Waals surface area contributed by atoms with Gasteiger partial charge in [-0.25, -0.2) is 9.97 Å². The Morgan fingerprint density at radius 2 is 2.23 bits per heavy atom. The van der Waals surface area contributed by atoms with Gasteiger partial charge in [-0.3, -0.25) is 4.57 Å². The van der Waals surface area contributed by atoms with Crippen LogP contribution < -0.4 is 0 Å². The molecule has 1 aromatic carbocycles. The highest BCUT2D eigenvalue weighted by Crippen LogP contribution is 2.38. The quantitative estimate of drug-likeness (QED) is 0.800. The summed E-state index contributed by atoms with van der Waals surface area (Å²) in [5, 5.41) is 10.1. The van der Waals surface area contributed by atoms with Crippen LogP contribution in [0.1, 0.15) is 29.6 Å². The smallest absolute Gasteiger partial charge is 0.160 e. The van der Waals surface area contributed by atoms with Crippen molar-refractivity contribution in [2.24, 2.45) is 0 Å². The Morgan fingerprint density at radius 3 is 3.05 bits per heavy atom. The lowest BCUT2D eigenvalue weighted by Gasteiger charge is -2.15. The van der Waals surface area contributed by atoms with E-state index in [1.165, 1.54) is 18.6 Å². The number of benzene rings is 1. The summed E-state index contributed by atoms with van der Waals surface area (Å²) >= 11 is 1.98. The van der Waals surface area contributed by atoms with E-state index in [1.54, 1.807) is 12.1 Å². The molecule has 1 aliphatic heterocycles. The van der Waals surface area contributed by atoms with Crippen LogP contribution >= 0.6 is 11.8 Å². The SMILES string of the molecule is Oc1cccc(Cc2nc3cccnc3n2C2CCCS2)c1. The van der Waals surface area contributed by atoms with Crippen molar-refractivity contribution >= 4 is 22.9 Å². The lowest BCUT2D eigenvalue weighted by molar-refractivity contribution is 0.474. The Morgan fingerprint density at radius 1 is 1.27 bits per heavy atom. The van der Waals surface area contributed by atoms with E-state index in [-0.39, 0.29) is 0 Å². The molecule has 112 valence electrons. The lowest BCUT2D eigenvalue weighted by atomic mass is 10.1. The van der Waals surface area contributed by atoms with Gasteiger partial charge in [-0.2, -0.15) is 0 Å². The molecular formula is C17H17N3OS. The number of phenolic OH excluding ortho intramolecular Hbond substituents is 1. The van der Waals surface area contributed by atoms with Gasteiger partial charge in [0.15, 0.2) is 5.65 Å².